The third-order valence-corrected chi connectivity index (χ3v) is 2.52. The molecule has 0 aliphatic carbocycles. The molecule has 2 nitrogen and oxygen atoms in total. The van der Waals surface area contributed by atoms with Gasteiger partial charge >= 0.3 is 0 Å². The van der Waals surface area contributed by atoms with E-state index in [-0.39, 0.29) is 0 Å². The van der Waals surface area contributed by atoms with E-state index in [0.29, 0.717) is 0 Å². The molecular weight excluding hydrogens is 172 g/mol. The fraction of sp³-hybridized carbons (Fsp3) is 0.583. The maximum Gasteiger partial charge on any atom is 0.0634 e. The van der Waals surface area contributed by atoms with Crippen molar-refractivity contribution in [3.8, 4) is 0 Å². The molecule has 0 aromatic rings. The van der Waals surface area contributed by atoms with Crippen LogP contribution in [0.15, 0.2) is 28.5 Å². The zero-order valence-corrected chi connectivity index (χ0v) is 9.43. The molecule has 1 N–H and O–H groups in total. The Labute approximate surface area is 86.8 Å². The fourth-order valence-corrected chi connectivity index (χ4v) is 1.56. The lowest BCUT2D eigenvalue weighted by Gasteiger charge is -2.21. The summed E-state index contributed by atoms with van der Waals surface area (Å²) in [6.07, 6.45) is 7.24. The van der Waals surface area contributed by atoms with Gasteiger partial charge in [0.15, 0.2) is 0 Å². The van der Waals surface area contributed by atoms with Crippen LogP contribution < -0.4 is 5.32 Å². The van der Waals surface area contributed by atoms with Gasteiger partial charge in [-0.15, -0.1) is 0 Å². The Morgan fingerprint density at radius 3 is 3.00 bits per heavy atom. The molecule has 1 aliphatic rings. The molecule has 0 amide bonds. The van der Waals surface area contributed by atoms with E-state index in [4.69, 9.17) is 0 Å². The Balaban J connectivity index is 2.89. The van der Waals surface area contributed by atoms with Gasteiger partial charge in [0.05, 0.1) is 11.4 Å². The highest BCUT2D eigenvalue weighted by atomic mass is 14.9. The Kier molecular flexibility index (Phi) is 4.44. The average molecular weight is 192 g/mol. The third-order valence-electron chi connectivity index (χ3n) is 2.52. The van der Waals surface area contributed by atoms with Crippen molar-refractivity contribution >= 4 is 5.71 Å². The number of piperidine rings is 1. The number of nitrogens with one attached hydrogen (secondary N) is 1. The largest absolute Gasteiger partial charge is 0.384 e. The molecule has 0 aromatic heterocycles. The van der Waals surface area contributed by atoms with Crippen molar-refractivity contribution in [3.05, 3.63) is 23.5 Å². The third kappa shape index (κ3) is 2.72. The van der Waals surface area contributed by atoms with Gasteiger partial charge in [0.1, 0.15) is 0 Å². The van der Waals surface area contributed by atoms with Crippen molar-refractivity contribution in [2.24, 2.45) is 4.99 Å². The first-order valence-electron chi connectivity index (χ1n) is 5.41. The first kappa shape index (κ1) is 11.0. The smallest absolute Gasteiger partial charge is 0.0634 e. The molecule has 0 unspecified atom stereocenters. The lowest BCUT2D eigenvalue weighted by Crippen LogP contribution is -2.28. The zero-order chi connectivity index (χ0) is 10.4. The molecule has 0 atom stereocenters. The summed E-state index contributed by atoms with van der Waals surface area (Å²) < 4.78 is 0. The molecule has 1 aliphatic heterocycles. The van der Waals surface area contributed by atoms with Crippen LogP contribution in [0.3, 0.4) is 0 Å². The fourth-order valence-electron chi connectivity index (χ4n) is 1.56. The Morgan fingerprint density at radius 1 is 1.57 bits per heavy atom. The van der Waals surface area contributed by atoms with Gasteiger partial charge in [-0.3, -0.25) is 4.99 Å². The standard InChI is InChI=1S/C12H20N2/c1-4-8-13-11-7-6-9-14-12(11)10(3)5-2/h4,8,14H,5-7,9H2,1-3H3/b8-4-,12-10-,13-11+. The van der Waals surface area contributed by atoms with Crippen molar-refractivity contribution in [3.63, 3.8) is 0 Å². The van der Waals surface area contributed by atoms with E-state index in [9.17, 15) is 0 Å². The SMILES string of the molecule is C\C=C/N=C1\CCCN\C1=C(\C)CC. The van der Waals surface area contributed by atoms with Gasteiger partial charge < -0.3 is 5.32 Å². The first-order valence-corrected chi connectivity index (χ1v) is 5.41. The zero-order valence-electron chi connectivity index (χ0n) is 9.43. The predicted octanol–water partition coefficient (Wildman–Crippen LogP) is 3.03. The second kappa shape index (κ2) is 5.63. The molecule has 1 rings (SSSR count). The van der Waals surface area contributed by atoms with Crippen molar-refractivity contribution in [1.29, 1.82) is 0 Å². The molecule has 0 bridgehead atoms. The second-order valence-corrected chi connectivity index (χ2v) is 3.60. The van der Waals surface area contributed by atoms with E-state index in [1.807, 2.05) is 19.2 Å². The summed E-state index contributed by atoms with van der Waals surface area (Å²) in [5.74, 6) is 0. The number of hydrogen-bond donors (Lipinski definition) is 1. The molecule has 78 valence electrons. The van der Waals surface area contributed by atoms with E-state index in [0.717, 1.165) is 19.4 Å². The average Bonchev–Trinajstić information content (AvgIpc) is 2.25. The Hall–Kier alpha value is -1.05. The highest BCUT2D eigenvalue weighted by Gasteiger charge is 2.13. The minimum Gasteiger partial charge on any atom is -0.384 e. The molecular formula is C12H20N2. The second-order valence-electron chi connectivity index (χ2n) is 3.60. The number of allylic oxidation sites excluding steroid dienone is 3. The van der Waals surface area contributed by atoms with E-state index in [1.54, 1.807) is 0 Å². The molecule has 1 fully saturated rings. The molecule has 14 heavy (non-hydrogen) atoms. The van der Waals surface area contributed by atoms with Gasteiger partial charge in [-0.1, -0.05) is 13.0 Å². The lowest BCUT2D eigenvalue weighted by molar-refractivity contribution is 0.714. The number of rotatable bonds is 2. The van der Waals surface area contributed by atoms with Crippen LogP contribution in [0.2, 0.25) is 0 Å². The highest BCUT2D eigenvalue weighted by Crippen LogP contribution is 2.15. The maximum atomic E-state index is 4.47. The van der Waals surface area contributed by atoms with Gasteiger partial charge in [0.25, 0.3) is 0 Å². The Bertz CT molecular complexity index is 272. The van der Waals surface area contributed by atoms with Crippen molar-refractivity contribution in [2.45, 2.75) is 40.0 Å². The molecule has 1 heterocycles. The minimum atomic E-state index is 1.08. The summed E-state index contributed by atoms with van der Waals surface area (Å²) in [6.45, 7) is 7.45. The van der Waals surface area contributed by atoms with Gasteiger partial charge in [-0.25, -0.2) is 0 Å². The summed E-state index contributed by atoms with van der Waals surface area (Å²) in [7, 11) is 0. The summed E-state index contributed by atoms with van der Waals surface area (Å²) >= 11 is 0. The van der Waals surface area contributed by atoms with Gasteiger partial charge in [-0.05, 0) is 38.7 Å². The maximum absolute atomic E-state index is 4.47. The topological polar surface area (TPSA) is 24.4 Å². The van der Waals surface area contributed by atoms with Crippen LogP contribution in [-0.2, 0) is 0 Å². The predicted molar refractivity (Wildman–Crippen MR) is 62.5 cm³/mol. The summed E-state index contributed by atoms with van der Waals surface area (Å²) in [6, 6.07) is 0. The van der Waals surface area contributed by atoms with Gasteiger partial charge in [0.2, 0.25) is 0 Å². The van der Waals surface area contributed by atoms with E-state index >= 15 is 0 Å². The summed E-state index contributed by atoms with van der Waals surface area (Å²) in [4.78, 5) is 4.47. The van der Waals surface area contributed by atoms with Crippen LogP contribution in [0.1, 0.15) is 40.0 Å². The van der Waals surface area contributed by atoms with Crippen LogP contribution in [0, 0.1) is 0 Å². The molecule has 0 aromatic carbocycles. The van der Waals surface area contributed by atoms with E-state index < -0.39 is 0 Å². The summed E-state index contributed by atoms with van der Waals surface area (Å²) in [5.41, 5.74) is 3.90. The lowest BCUT2D eigenvalue weighted by atomic mass is 10.0. The van der Waals surface area contributed by atoms with Crippen LogP contribution in [0.5, 0.6) is 0 Å². The monoisotopic (exact) mass is 192 g/mol. The summed E-state index contributed by atoms with van der Waals surface area (Å²) in [5, 5.41) is 3.44. The van der Waals surface area contributed by atoms with Crippen LogP contribution >= 0.6 is 0 Å². The van der Waals surface area contributed by atoms with Gasteiger partial charge in [0, 0.05) is 12.7 Å². The molecule has 2 heteroatoms. The quantitative estimate of drug-likeness (QED) is 0.714. The molecule has 1 saturated heterocycles. The van der Waals surface area contributed by atoms with Gasteiger partial charge in [-0.2, -0.15) is 0 Å². The van der Waals surface area contributed by atoms with Crippen molar-refractivity contribution in [1.82, 2.24) is 5.32 Å². The molecule has 0 saturated carbocycles. The van der Waals surface area contributed by atoms with Crippen LogP contribution in [0.4, 0.5) is 0 Å². The van der Waals surface area contributed by atoms with Crippen molar-refractivity contribution in [2.75, 3.05) is 6.54 Å². The number of hydrogen-bond acceptors (Lipinski definition) is 2. The molecule has 0 radical (unpaired) electrons. The van der Waals surface area contributed by atoms with Crippen LogP contribution in [-0.4, -0.2) is 12.3 Å². The molecule has 0 spiro atoms. The highest BCUT2D eigenvalue weighted by molar-refractivity contribution is 6.01. The van der Waals surface area contributed by atoms with Crippen LogP contribution in [0.25, 0.3) is 0 Å². The Morgan fingerprint density at radius 2 is 2.36 bits per heavy atom. The van der Waals surface area contributed by atoms with Crippen molar-refractivity contribution < 1.29 is 0 Å². The van der Waals surface area contributed by atoms with E-state index in [1.165, 1.54) is 23.4 Å². The number of aliphatic imine (C=N–C) groups is 1. The number of nitrogens with zero attached hydrogens (tertiary/aromatic N) is 1. The van der Waals surface area contributed by atoms with E-state index in [2.05, 4.69) is 24.2 Å². The first-order chi connectivity index (χ1) is 6.79. The normalized spacial score (nSPS) is 24.1. The minimum absolute atomic E-state index is 1.08.